The van der Waals surface area contributed by atoms with E-state index in [1.807, 2.05) is 0 Å². The van der Waals surface area contributed by atoms with E-state index in [9.17, 15) is 9.18 Å². The van der Waals surface area contributed by atoms with Crippen LogP contribution < -0.4 is 0 Å². The summed E-state index contributed by atoms with van der Waals surface area (Å²) in [5, 5.41) is 0.514. The van der Waals surface area contributed by atoms with Crippen LogP contribution in [0.2, 0.25) is 23.2 Å². The predicted molar refractivity (Wildman–Crippen MR) is 94.2 cm³/mol. The van der Waals surface area contributed by atoms with Crippen LogP contribution in [0.3, 0.4) is 0 Å². The van der Waals surface area contributed by atoms with Gasteiger partial charge in [-0.05, 0) is 48.7 Å². The second kappa shape index (κ2) is 7.77. The molecular formula is C17H26ClFO3Si. The topological polar surface area (TPSA) is 35.5 Å². The predicted octanol–water partition coefficient (Wildman–Crippen LogP) is 5.22. The van der Waals surface area contributed by atoms with Gasteiger partial charge in [-0.2, -0.15) is 0 Å². The smallest absolute Gasteiger partial charge is 0.341 e. The van der Waals surface area contributed by atoms with Crippen molar-refractivity contribution in [2.24, 2.45) is 0 Å². The lowest BCUT2D eigenvalue weighted by atomic mass is 10.0. The highest BCUT2D eigenvalue weighted by atomic mass is 35.5. The number of hydrogen-bond acceptors (Lipinski definition) is 3. The average Bonchev–Trinajstić information content (AvgIpc) is 2.44. The number of methoxy groups -OCH3 is 1. The Balaban J connectivity index is 2.80. The Hall–Kier alpha value is -0.913. The number of halogens is 2. The molecule has 130 valence electrons. The van der Waals surface area contributed by atoms with Crippen LogP contribution in [0.5, 0.6) is 0 Å². The van der Waals surface area contributed by atoms with Crippen LogP contribution in [0, 0.1) is 5.82 Å². The van der Waals surface area contributed by atoms with Gasteiger partial charge in [0.15, 0.2) is 8.32 Å². The van der Waals surface area contributed by atoms with Crippen LogP contribution >= 0.6 is 11.6 Å². The van der Waals surface area contributed by atoms with Gasteiger partial charge >= 0.3 is 5.97 Å². The van der Waals surface area contributed by atoms with E-state index in [-0.39, 0.29) is 10.6 Å². The quantitative estimate of drug-likeness (QED) is 0.396. The molecule has 0 heterocycles. The van der Waals surface area contributed by atoms with Crippen molar-refractivity contribution in [3.8, 4) is 0 Å². The van der Waals surface area contributed by atoms with Gasteiger partial charge in [-0.15, -0.1) is 0 Å². The fourth-order valence-electron chi connectivity index (χ4n) is 1.95. The fraction of sp³-hybridized carbons (Fsp3) is 0.588. The van der Waals surface area contributed by atoms with Gasteiger partial charge in [0.25, 0.3) is 0 Å². The third kappa shape index (κ3) is 5.03. The summed E-state index contributed by atoms with van der Waals surface area (Å²) >= 11 is 6.14. The largest absolute Gasteiger partial charge is 0.465 e. The van der Waals surface area contributed by atoms with Crippen LogP contribution in [0.25, 0.3) is 0 Å². The standard InChI is InChI=1S/C17H26ClFO3Si/c1-17(2,3)23(5,6)22-11-7-8-12-13(18)9-10-14(19)15(12)16(20)21-4/h9-10H,7-8,11H2,1-6H3. The monoisotopic (exact) mass is 360 g/mol. The van der Waals surface area contributed by atoms with Gasteiger partial charge in [0.2, 0.25) is 0 Å². The second-order valence-corrected chi connectivity index (χ2v) is 12.3. The van der Waals surface area contributed by atoms with E-state index in [2.05, 4.69) is 38.6 Å². The van der Waals surface area contributed by atoms with Crippen molar-refractivity contribution in [3.63, 3.8) is 0 Å². The first-order valence-electron chi connectivity index (χ1n) is 7.70. The molecular weight excluding hydrogens is 335 g/mol. The molecule has 6 heteroatoms. The summed E-state index contributed by atoms with van der Waals surface area (Å²) in [5.41, 5.74) is 0.407. The Morgan fingerprint density at radius 2 is 1.91 bits per heavy atom. The lowest BCUT2D eigenvalue weighted by Gasteiger charge is -2.36. The van der Waals surface area contributed by atoms with Gasteiger partial charge in [0.1, 0.15) is 5.82 Å². The molecule has 0 aliphatic carbocycles. The Labute approximate surface area is 144 Å². The van der Waals surface area contributed by atoms with Gasteiger partial charge < -0.3 is 9.16 Å². The molecule has 1 aromatic rings. The average molecular weight is 361 g/mol. The maximum Gasteiger partial charge on any atom is 0.341 e. The zero-order valence-corrected chi connectivity index (χ0v) is 16.5. The molecule has 0 N–H and O–H groups in total. The van der Waals surface area contributed by atoms with Crippen LogP contribution in [0.1, 0.15) is 43.1 Å². The molecule has 0 amide bonds. The van der Waals surface area contributed by atoms with Gasteiger partial charge in [-0.1, -0.05) is 32.4 Å². The first-order chi connectivity index (χ1) is 10.5. The Kier molecular flexibility index (Phi) is 6.80. The van der Waals surface area contributed by atoms with Crippen molar-refractivity contribution in [2.75, 3.05) is 13.7 Å². The summed E-state index contributed by atoms with van der Waals surface area (Å²) in [6.45, 7) is 11.5. The van der Waals surface area contributed by atoms with E-state index in [4.69, 9.17) is 16.0 Å². The summed E-state index contributed by atoms with van der Waals surface area (Å²) in [7, 11) is -0.579. The van der Waals surface area contributed by atoms with Gasteiger partial charge in [-0.3, -0.25) is 0 Å². The third-order valence-corrected chi connectivity index (χ3v) is 9.33. The minimum absolute atomic E-state index is 0.0765. The van der Waals surface area contributed by atoms with Gasteiger partial charge in [0, 0.05) is 11.6 Å². The van der Waals surface area contributed by atoms with E-state index < -0.39 is 20.1 Å². The summed E-state index contributed by atoms with van der Waals surface area (Å²) in [6.07, 6.45) is 1.13. The van der Waals surface area contributed by atoms with Crippen LogP contribution in [0.4, 0.5) is 4.39 Å². The number of ether oxygens (including phenoxy) is 1. The molecule has 1 rings (SSSR count). The number of rotatable bonds is 6. The molecule has 0 atom stereocenters. The highest BCUT2D eigenvalue weighted by Gasteiger charge is 2.36. The number of carbonyl (C=O) groups is 1. The van der Waals surface area contributed by atoms with Crippen LogP contribution in [0.15, 0.2) is 12.1 Å². The Bertz CT molecular complexity index is 568. The van der Waals surface area contributed by atoms with Gasteiger partial charge in [-0.25, -0.2) is 9.18 Å². The van der Waals surface area contributed by atoms with Crippen molar-refractivity contribution in [3.05, 3.63) is 34.1 Å². The van der Waals surface area contributed by atoms with Crippen molar-refractivity contribution >= 4 is 25.9 Å². The zero-order valence-electron chi connectivity index (χ0n) is 14.8. The normalized spacial score (nSPS) is 12.3. The molecule has 0 saturated heterocycles. The maximum atomic E-state index is 13.9. The first-order valence-corrected chi connectivity index (χ1v) is 11.0. The summed E-state index contributed by atoms with van der Waals surface area (Å²) < 4.78 is 24.7. The lowest BCUT2D eigenvalue weighted by Crippen LogP contribution is -2.41. The van der Waals surface area contributed by atoms with E-state index in [1.54, 1.807) is 0 Å². The molecule has 0 fully saturated rings. The van der Waals surface area contributed by atoms with Gasteiger partial charge in [0.05, 0.1) is 12.7 Å². The molecule has 0 saturated carbocycles. The van der Waals surface area contributed by atoms with E-state index in [1.165, 1.54) is 19.2 Å². The molecule has 0 aliphatic rings. The van der Waals surface area contributed by atoms with Crippen molar-refractivity contribution < 1.29 is 18.3 Å². The molecule has 0 bridgehead atoms. The summed E-state index contributed by atoms with van der Waals surface area (Å²) in [5.74, 6) is -1.31. The third-order valence-electron chi connectivity index (χ3n) is 4.43. The SMILES string of the molecule is COC(=O)c1c(F)ccc(Cl)c1CCCO[Si](C)(C)C(C)(C)C. The highest BCUT2D eigenvalue weighted by molar-refractivity contribution is 6.74. The number of carbonyl (C=O) groups excluding carboxylic acids is 1. The molecule has 0 spiro atoms. The Morgan fingerprint density at radius 1 is 1.30 bits per heavy atom. The van der Waals surface area contributed by atoms with Crippen LogP contribution in [-0.2, 0) is 15.6 Å². The highest BCUT2D eigenvalue weighted by Crippen LogP contribution is 2.36. The summed E-state index contributed by atoms with van der Waals surface area (Å²) in [4.78, 5) is 11.8. The minimum Gasteiger partial charge on any atom is -0.465 e. The van der Waals surface area contributed by atoms with E-state index >= 15 is 0 Å². The van der Waals surface area contributed by atoms with Crippen LogP contribution in [-0.4, -0.2) is 28.0 Å². The number of esters is 1. The van der Waals surface area contributed by atoms with E-state index in [0.29, 0.717) is 30.0 Å². The lowest BCUT2D eigenvalue weighted by molar-refractivity contribution is 0.0594. The second-order valence-electron chi connectivity index (χ2n) is 7.09. The molecule has 0 unspecified atom stereocenters. The molecule has 0 aliphatic heterocycles. The molecule has 1 aromatic carbocycles. The maximum absolute atomic E-state index is 13.9. The minimum atomic E-state index is -1.81. The first kappa shape index (κ1) is 20.1. The van der Waals surface area contributed by atoms with Crippen molar-refractivity contribution in [1.29, 1.82) is 0 Å². The molecule has 3 nitrogen and oxygen atoms in total. The Morgan fingerprint density at radius 3 is 2.43 bits per heavy atom. The number of benzene rings is 1. The van der Waals surface area contributed by atoms with E-state index in [0.717, 1.165) is 0 Å². The fourth-order valence-corrected chi connectivity index (χ4v) is 3.29. The molecule has 0 radical (unpaired) electrons. The number of hydrogen-bond donors (Lipinski definition) is 0. The van der Waals surface area contributed by atoms with Crippen molar-refractivity contribution in [2.45, 2.75) is 51.7 Å². The van der Waals surface area contributed by atoms with Crippen molar-refractivity contribution in [1.82, 2.24) is 0 Å². The summed E-state index contributed by atoms with van der Waals surface area (Å²) in [6, 6.07) is 2.65. The molecule has 23 heavy (non-hydrogen) atoms. The zero-order chi connectivity index (χ0) is 17.8. The molecule has 0 aromatic heterocycles.